The SMILES string of the molecule is COc1ccc(/C=C2\Oc3c(ccc([O-])c3C[NH+]3CCCC(C)C3)C2=O)cc1OC. The summed E-state index contributed by atoms with van der Waals surface area (Å²) in [5.74, 6) is 2.18. The minimum Gasteiger partial charge on any atom is -0.872 e. The van der Waals surface area contributed by atoms with Crippen molar-refractivity contribution in [3.8, 4) is 23.0 Å². The van der Waals surface area contributed by atoms with Gasteiger partial charge in [0.1, 0.15) is 12.3 Å². The van der Waals surface area contributed by atoms with Crippen molar-refractivity contribution < 1.29 is 29.0 Å². The van der Waals surface area contributed by atoms with E-state index in [1.807, 2.05) is 6.07 Å². The number of ketones is 1. The zero-order chi connectivity index (χ0) is 21.3. The lowest BCUT2D eigenvalue weighted by atomic mass is 9.99. The van der Waals surface area contributed by atoms with Gasteiger partial charge in [0.25, 0.3) is 0 Å². The van der Waals surface area contributed by atoms with Crippen molar-refractivity contribution in [1.82, 2.24) is 0 Å². The van der Waals surface area contributed by atoms with Gasteiger partial charge in [-0.3, -0.25) is 4.79 Å². The summed E-state index contributed by atoms with van der Waals surface area (Å²) in [6.07, 6.45) is 4.06. The number of hydrogen-bond donors (Lipinski definition) is 1. The molecule has 1 N–H and O–H groups in total. The second-order valence-electron chi connectivity index (χ2n) is 8.10. The van der Waals surface area contributed by atoms with Gasteiger partial charge < -0.3 is 24.2 Å². The zero-order valence-corrected chi connectivity index (χ0v) is 17.6. The molecule has 0 amide bonds. The lowest BCUT2D eigenvalue weighted by molar-refractivity contribution is -0.922. The third-order valence-electron chi connectivity index (χ3n) is 5.89. The average molecular weight is 409 g/mol. The van der Waals surface area contributed by atoms with E-state index in [-0.39, 0.29) is 17.3 Å². The molecule has 1 saturated heterocycles. The van der Waals surface area contributed by atoms with E-state index in [2.05, 4.69) is 6.92 Å². The number of rotatable bonds is 5. The highest BCUT2D eigenvalue weighted by molar-refractivity contribution is 6.15. The topological polar surface area (TPSA) is 72.3 Å². The number of methoxy groups -OCH3 is 2. The van der Waals surface area contributed by atoms with E-state index in [4.69, 9.17) is 14.2 Å². The highest BCUT2D eigenvalue weighted by atomic mass is 16.5. The van der Waals surface area contributed by atoms with Gasteiger partial charge >= 0.3 is 0 Å². The molecule has 0 bridgehead atoms. The van der Waals surface area contributed by atoms with E-state index in [0.717, 1.165) is 25.1 Å². The first-order chi connectivity index (χ1) is 14.5. The first-order valence-electron chi connectivity index (χ1n) is 10.3. The highest BCUT2D eigenvalue weighted by Crippen LogP contribution is 2.39. The quantitative estimate of drug-likeness (QED) is 0.767. The molecular formula is C24H27NO5. The molecular weight excluding hydrogens is 382 g/mol. The van der Waals surface area contributed by atoms with Gasteiger partial charge in [-0.15, -0.1) is 0 Å². The summed E-state index contributed by atoms with van der Waals surface area (Å²) >= 11 is 0. The molecule has 2 unspecified atom stereocenters. The summed E-state index contributed by atoms with van der Waals surface area (Å²) in [4.78, 5) is 14.3. The molecule has 0 aliphatic carbocycles. The van der Waals surface area contributed by atoms with Gasteiger partial charge in [0.2, 0.25) is 5.78 Å². The van der Waals surface area contributed by atoms with Gasteiger partial charge in [0.15, 0.2) is 17.3 Å². The van der Waals surface area contributed by atoms with Crippen LogP contribution in [0.1, 0.15) is 41.3 Å². The molecule has 6 nitrogen and oxygen atoms in total. The van der Waals surface area contributed by atoms with E-state index in [0.29, 0.717) is 40.8 Å². The molecule has 0 spiro atoms. The number of piperidine rings is 1. The summed E-state index contributed by atoms with van der Waals surface area (Å²) in [7, 11) is 3.14. The van der Waals surface area contributed by atoms with Crippen LogP contribution in [0, 0.1) is 5.92 Å². The van der Waals surface area contributed by atoms with E-state index >= 15 is 0 Å². The molecule has 2 aromatic rings. The Morgan fingerprint density at radius 1 is 1.20 bits per heavy atom. The maximum absolute atomic E-state index is 12.9. The van der Waals surface area contributed by atoms with Gasteiger partial charge in [-0.25, -0.2) is 0 Å². The predicted molar refractivity (Wildman–Crippen MR) is 111 cm³/mol. The van der Waals surface area contributed by atoms with Crippen molar-refractivity contribution in [1.29, 1.82) is 0 Å². The van der Waals surface area contributed by atoms with E-state index < -0.39 is 0 Å². The second kappa shape index (κ2) is 8.40. The van der Waals surface area contributed by atoms with Crippen molar-refractivity contribution in [2.45, 2.75) is 26.3 Å². The van der Waals surface area contributed by atoms with Crippen molar-refractivity contribution in [2.75, 3.05) is 27.3 Å². The Balaban J connectivity index is 1.63. The number of allylic oxidation sites excluding steroid dienone is 1. The molecule has 6 heteroatoms. The summed E-state index contributed by atoms with van der Waals surface area (Å²) in [5, 5.41) is 12.6. The number of Topliss-reactive ketones (excluding diaryl/α,β-unsaturated/α-hetero) is 1. The predicted octanol–water partition coefficient (Wildman–Crippen LogP) is 2.21. The normalized spacial score (nSPS) is 22.0. The molecule has 2 atom stereocenters. The fourth-order valence-corrected chi connectivity index (χ4v) is 4.36. The van der Waals surface area contributed by atoms with E-state index in [1.54, 1.807) is 38.5 Å². The number of hydrogen-bond acceptors (Lipinski definition) is 5. The minimum atomic E-state index is -0.206. The summed E-state index contributed by atoms with van der Waals surface area (Å²) in [5.41, 5.74) is 1.81. The molecule has 0 saturated carbocycles. The first kappa shape index (κ1) is 20.3. The third-order valence-corrected chi connectivity index (χ3v) is 5.89. The van der Waals surface area contributed by atoms with Crippen LogP contribution in [0.15, 0.2) is 36.1 Å². The lowest BCUT2D eigenvalue weighted by Gasteiger charge is -2.29. The standard InChI is InChI=1S/C24H27NO5/c1-15-5-4-10-25(13-15)14-18-19(26)8-7-17-23(27)22(30-24(17)18)12-16-6-9-20(28-2)21(11-16)29-3/h6-9,11-12,15,26H,4-5,10,13-14H2,1-3H3/b22-12-. The van der Waals surface area contributed by atoms with Crippen LogP contribution in [0.3, 0.4) is 0 Å². The molecule has 2 aliphatic rings. The largest absolute Gasteiger partial charge is 0.872 e. The maximum Gasteiger partial charge on any atom is 0.231 e. The number of carbonyl (C=O) groups is 1. The fraction of sp³-hybridized carbons (Fsp3) is 0.375. The third kappa shape index (κ3) is 3.87. The minimum absolute atomic E-state index is 0.0698. The Morgan fingerprint density at radius 2 is 2.00 bits per heavy atom. The lowest BCUT2D eigenvalue weighted by Crippen LogP contribution is -3.12. The Bertz CT molecular complexity index is 997. The van der Waals surface area contributed by atoms with E-state index in [1.165, 1.54) is 17.4 Å². The van der Waals surface area contributed by atoms with Gasteiger partial charge in [-0.2, -0.15) is 0 Å². The number of fused-ring (bicyclic) bond motifs is 1. The molecule has 30 heavy (non-hydrogen) atoms. The van der Waals surface area contributed by atoms with Crippen molar-refractivity contribution in [3.05, 3.63) is 52.8 Å². The Hall–Kier alpha value is -2.99. The molecule has 1 fully saturated rings. The van der Waals surface area contributed by atoms with E-state index in [9.17, 15) is 9.90 Å². The maximum atomic E-state index is 12.9. The Morgan fingerprint density at radius 3 is 2.73 bits per heavy atom. The second-order valence-corrected chi connectivity index (χ2v) is 8.10. The summed E-state index contributed by atoms with van der Waals surface area (Å²) in [6.45, 7) is 4.90. The number of carbonyl (C=O) groups excluding carboxylic acids is 1. The zero-order valence-electron chi connectivity index (χ0n) is 17.6. The van der Waals surface area contributed by atoms with Crippen molar-refractivity contribution >= 4 is 11.9 Å². The Labute approximate surface area is 176 Å². The van der Waals surface area contributed by atoms with Crippen LogP contribution < -0.4 is 24.2 Å². The molecule has 0 radical (unpaired) electrons. The highest BCUT2D eigenvalue weighted by Gasteiger charge is 2.31. The van der Waals surface area contributed by atoms with Crippen molar-refractivity contribution in [3.63, 3.8) is 0 Å². The molecule has 158 valence electrons. The number of benzene rings is 2. The van der Waals surface area contributed by atoms with Crippen LogP contribution in [0.25, 0.3) is 6.08 Å². The fourth-order valence-electron chi connectivity index (χ4n) is 4.36. The molecule has 4 rings (SSSR count). The van der Waals surface area contributed by atoms with Crippen LogP contribution in [0.5, 0.6) is 23.0 Å². The molecule has 2 heterocycles. The number of likely N-dealkylation sites (tertiary alicyclic amines) is 1. The van der Waals surface area contributed by atoms with Crippen LogP contribution in [0.2, 0.25) is 0 Å². The summed E-state index contributed by atoms with van der Waals surface area (Å²) < 4.78 is 16.6. The molecule has 0 aromatic heterocycles. The average Bonchev–Trinajstić information content (AvgIpc) is 3.05. The van der Waals surface area contributed by atoms with Crippen LogP contribution >= 0.6 is 0 Å². The Kier molecular flexibility index (Phi) is 5.68. The number of ether oxygens (including phenoxy) is 3. The molecule has 2 aromatic carbocycles. The van der Waals surface area contributed by atoms with Gasteiger partial charge in [-0.1, -0.05) is 24.8 Å². The van der Waals surface area contributed by atoms with Crippen LogP contribution in [0.4, 0.5) is 0 Å². The molecule has 2 aliphatic heterocycles. The van der Waals surface area contributed by atoms with Crippen LogP contribution in [-0.4, -0.2) is 33.1 Å². The smallest absolute Gasteiger partial charge is 0.231 e. The van der Waals surface area contributed by atoms with Crippen molar-refractivity contribution in [2.24, 2.45) is 5.92 Å². The van der Waals surface area contributed by atoms with Gasteiger partial charge in [-0.05, 0) is 42.7 Å². The first-order valence-corrected chi connectivity index (χ1v) is 10.3. The number of quaternary nitrogens is 1. The number of nitrogens with one attached hydrogen (secondary N) is 1. The summed E-state index contributed by atoms with van der Waals surface area (Å²) in [6, 6.07) is 8.45. The monoisotopic (exact) mass is 409 g/mol. The van der Waals surface area contributed by atoms with Gasteiger partial charge in [0.05, 0.1) is 32.9 Å². The van der Waals surface area contributed by atoms with Crippen LogP contribution in [-0.2, 0) is 6.54 Å². The van der Waals surface area contributed by atoms with Gasteiger partial charge in [0, 0.05) is 11.5 Å².